The number of ether oxygens (including phenoxy) is 1. The average molecular weight is 244 g/mol. The van der Waals surface area contributed by atoms with Crippen molar-refractivity contribution in [2.24, 2.45) is 5.73 Å². The van der Waals surface area contributed by atoms with Gasteiger partial charge in [0.2, 0.25) is 10.0 Å². The molecule has 0 bridgehead atoms. The van der Waals surface area contributed by atoms with Gasteiger partial charge in [-0.05, 0) is 17.7 Å². The fourth-order valence-corrected chi connectivity index (χ4v) is 2.52. The Morgan fingerprint density at radius 2 is 2.12 bits per heavy atom. The Hall–Kier alpha value is -1.11. The molecule has 0 fully saturated rings. The number of rotatable bonds is 5. The number of benzene rings is 1. The lowest BCUT2D eigenvalue weighted by Crippen LogP contribution is -2.23. The van der Waals surface area contributed by atoms with E-state index in [1.807, 2.05) is 0 Å². The van der Waals surface area contributed by atoms with Crippen LogP contribution in [0.2, 0.25) is 0 Å². The minimum absolute atomic E-state index is 0.133. The van der Waals surface area contributed by atoms with Crippen molar-refractivity contribution in [3.8, 4) is 5.75 Å². The lowest BCUT2D eigenvalue weighted by Gasteiger charge is -2.10. The fourth-order valence-electron chi connectivity index (χ4n) is 1.33. The molecule has 0 atom stereocenters. The SMILES string of the molecule is CCNS(=O)(=O)c1ccc(CN)cc1OC. The molecule has 6 heteroatoms. The van der Waals surface area contributed by atoms with Gasteiger partial charge in [0.15, 0.2) is 0 Å². The third-order valence-electron chi connectivity index (χ3n) is 2.09. The van der Waals surface area contributed by atoms with Gasteiger partial charge >= 0.3 is 0 Å². The number of hydrogen-bond donors (Lipinski definition) is 2. The quantitative estimate of drug-likeness (QED) is 0.788. The molecule has 0 saturated carbocycles. The van der Waals surface area contributed by atoms with Crippen molar-refractivity contribution in [2.45, 2.75) is 18.4 Å². The summed E-state index contributed by atoms with van der Waals surface area (Å²) in [6.45, 7) is 2.40. The predicted octanol–water partition coefficient (Wildman–Crippen LogP) is 0.452. The van der Waals surface area contributed by atoms with Crippen molar-refractivity contribution >= 4 is 10.0 Å². The molecule has 90 valence electrons. The van der Waals surface area contributed by atoms with Crippen LogP contribution >= 0.6 is 0 Å². The van der Waals surface area contributed by atoms with Gasteiger partial charge in [-0.3, -0.25) is 0 Å². The molecule has 1 rings (SSSR count). The Labute approximate surface area is 95.7 Å². The van der Waals surface area contributed by atoms with Crippen molar-refractivity contribution < 1.29 is 13.2 Å². The first kappa shape index (κ1) is 13.0. The number of nitrogens with two attached hydrogens (primary N) is 1. The number of sulfonamides is 1. The Balaban J connectivity index is 3.24. The predicted molar refractivity (Wildman–Crippen MR) is 61.7 cm³/mol. The molecular formula is C10H16N2O3S. The summed E-state index contributed by atoms with van der Waals surface area (Å²) in [6, 6.07) is 4.80. The first-order valence-corrected chi connectivity index (χ1v) is 6.40. The average Bonchev–Trinajstić information content (AvgIpc) is 2.28. The lowest BCUT2D eigenvalue weighted by atomic mass is 10.2. The smallest absolute Gasteiger partial charge is 0.244 e. The second-order valence-electron chi connectivity index (χ2n) is 3.19. The third-order valence-corrected chi connectivity index (χ3v) is 3.67. The summed E-state index contributed by atoms with van der Waals surface area (Å²) in [6.07, 6.45) is 0. The molecule has 3 N–H and O–H groups in total. The minimum atomic E-state index is -3.49. The number of nitrogens with one attached hydrogen (secondary N) is 1. The lowest BCUT2D eigenvalue weighted by molar-refractivity contribution is 0.402. The largest absolute Gasteiger partial charge is 0.495 e. The van der Waals surface area contributed by atoms with Crippen molar-refractivity contribution in [3.05, 3.63) is 23.8 Å². The van der Waals surface area contributed by atoms with E-state index in [-0.39, 0.29) is 4.90 Å². The molecule has 0 aliphatic heterocycles. The van der Waals surface area contributed by atoms with Crippen LogP contribution in [0.3, 0.4) is 0 Å². The zero-order valence-electron chi connectivity index (χ0n) is 9.36. The van der Waals surface area contributed by atoms with Gasteiger partial charge in [-0.15, -0.1) is 0 Å². The molecule has 1 aromatic rings. The molecule has 0 aliphatic carbocycles. The zero-order valence-corrected chi connectivity index (χ0v) is 10.2. The van der Waals surface area contributed by atoms with E-state index < -0.39 is 10.0 Å². The third kappa shape index (κ3) is 2.72. The maximum Gasteiger partial charge on any atom is 0.244 e. The standard InChI is InChI=1S/C10H16N2O3S/c1-3-12-16(13,14)10-5-4-8(7-11)6-9(10)15-2/h4-6,12H,3,7,11H2,1-2H3. The molecule has 0 saturated heterocycles. The van der Waals surface area contributed by atoms with Crippen molar-refractivity contribution in [3.63, 3.8) is 0 Å². The van der Waals surface area contributed by atoms with E-state index in [2.05, 4.69) is 4.72 Å². The molecular weight excluding hydrogens is 228 g/mol. The van der Waals surface area contributed by atoms with Gasteiger partial charge in [-0.2, -0.15) is 0 Å². The molecule has 16 heavy (non-hydrogen) atoms. The van der Waals surface area contributed by atoms with Crippen LogP contribution in [0.25, 0.3) is 0 Å². The highest BCUT2D eigenvalue weighted by Gasteiger charge is 2.18. The van der Waals surface area contributed by atoms with Gasteiger partial charge in [0.1, 0.15) is 10.6 Å². The Morgan fingerprint density at radius 1 is 1.44 bits per heavy atom. The molecule has 0 aliphatic rings. The van der Waals surface area contributed by atoms with Crippen LogP contribution in [-0.4, -0.2) is 22.1 Å². The van der Waals surface area contributed by atoms with E-state index in [1.165, 1.54) is 13.2 Å². The molecule has 0 radical (unpaired) electrons. The van der Waals surface area contributed by atoms with E-state index in [9.17, 15) is 8.42 Å². The van der Waals surface area contributed by atoms with Crippen LogP contribution in [0.1, 0.15) is 12.5 Å². The minimum Gasteiger partial charge on any atom is -0.495 e. The Morgan fingerprint density at radius 3 is 2.62 bits per heavy atom. The summed E-state index contributed by atoms with van der Waals surface area (Å²) in [5.74, 6) is 0.309. The maximum atomic E-state index is 11.8. The van der Waals surface area contributed by atoms with Crippen LogP contribution in [0.4, 0.5) is 0 Å². The molecule has 0 heterocycles. The first-order chi connectivity index (χ1) is 7.55. The second-order valence-corrected chi connectivity index (χ2v) is 4.93. The summed E-state index contributed by atoms with van der Waals surface area (Å²) in [7, 11) is -2.06. The van der Waals surface area contributed by atoms with Crippen LogP contribution in [-0.2, 0) is 16.6 Å². The van der Waals surface area contributed by atoms with Gasteiger partial charge < -0.3 is 10.5 Å². The zero-order chi connectivity index (χ0) is 12.2. The van der Waals surface area contributed by atoms with Gasteiger partial charge in [0.25, 0.3) is 0 Å². The molecule has 0 spiro atoms. The molecule has 5 nitrogen and oxygen atoms in total. The van der Waals surface area contributed by atoms with Crippen LogP contribution in [0, 0.1) is 0 Å². The Bertz CT molecular complexity index is 457. The van der Waals surface area contributed by atoms with E-state index >= 15 is 0 Å². The van der Waals surface area contributed by atoms with Crippen LogP contribution in [0.15, 0.2) is 23.1 Å². The van der Waals surface area contributed by atoms with Crippen LogP contribution < -0.4 is 15.2 Å². The van der Waals surface area contributed by atoms with Crippen molar-refractivity contribution in [1.82, 2.24) is 4.72 Å². The summed E-state index contributed by atoms with van der Waals surface area (Å²) < 4.78 is 31.0. The fraction of sp³-hybridized carbons (Fsp3) is 0.400. The molecule has 0 unspecified atom stereocenters. The number of hydrogen-bond acceptors (Lipinski definition) is 4. The van der Waals surface area contributed by atoms with Crippen molar-refractivity contribution in [1.29, 1.82) is 0 Å². The van der Waals surface area contributed by atoms with E-state index in [0.29, 0.717) is 18.8 Å². The summed E-state index contributed by atoms with van der Waals surface area (Å²) in [4.78, 5) is 0.133. The highest BCUT2D eigenvalue weighted by atomic mass is 32.2. The van der Waals surface area contributed by atoms with E-state index in [0.717, 1.165) is 5.56 Å². The monoisotopic (exact) mass is 244 g/mol. The van der Waals surface area contributed by atoms with Gasteiger partial charge in [0, 0.05) is 13.1 Å². The van der Waals surface area contributed by atoms with Gasteiger partial charge in [-0.1, -0.05) is 13.0 Å². The maximum absolute atomic E-state index is 11.8. The van der Waals surface area contributed by atoms with Gasteiger partial charge in [0.05, 0.1) is 7.11 Å². The van der Waals surface area contributed by atoms with Crippen LogP contribution in [0.5, 0.6) is 5.75 Å². The highest BCUT2D eigenvalue weighted by molar-refractivity contribution is 7.89. The molecule has 0 amide bonds. The molecule has 0 aromatic heterocycles. The summed E-state index contributed by atoms with van der Waals surface area (Å²) >= 11 is 0. The summed E-state index contributed by atoms with van der Waals surface area (Å²) in [5.41, 5.74) is 6.30. The normalized spacial score (nSPS) is 11.4. The van der Waals surface area contributed by atoms with Gasteiger partial charge in [-0.25, -0.2) is 13.1 Å². The highest BCUT2D eigenvalue weighted by Crippen LogP contribution is 2.24. The second kappa shape index (κ2) is 5.29. The first-order valence-electron chi connectivity index (χ1n) is 4.91. The number of methoxy groups -OCH3 is 1. The summed E-state index contributed by atoms with van der Waals surface area (Å²) in [5, 5.41) is 0. The van der Waals surface area contributed by atoms with E-state index in [4.69, 9.17) is 10.5 Å². The van der Waals surface area contributed by atoms with Crippen molar-refractivity contribution in [2.75, 3.05) is 13.7 Å². The topological polar surface area (TPSA) is 81.4 Å². The van der Waals surface area contributed by atoms with E-state index in [1.54, 1.807) is 19.1 Å². The Kier molecular flexibility index (Phi) is 4.28. The molecule has 1 aromatic carbocycles.